The Bertz CT molecular complexity index is 706. The summed E-state index contributed by atoms with van der Waals surface area (Å²) in [6, 6.07) is 40.0. The second-order valence-corrected chi connectivity index (χ2v) is 5.63. The summed E-state index contributed by atoms with van der Waals surface area (Å²) in [6.45, 7) is 9.48. The molecule has 0 N–H and O–H groups in total. The summed E-state index contributed by atoms with van der Waals surface area (Å²) in [6.07, 6.45) is 2.08. The second kappa shape index (κ2) is 17.9. The summed E-state index contributed by atoms with van der Waals surface area (Å²) in [5, 5.41) is 0. The van der Waals surface area contributed by atoms with E-state index in [1.165, 1.54) is 5.56 Å². The van der Waals surface area contributed by atoms with E-state index in [2.05, 4.69) is 32.4 Å². The third-order valence-corrected chi connectivity index (χ3v) is 3.37. The molecule has 0 spiro atoms. The number of rotatable bonds is 1. The number of hydrogen-bond donors (Lipinski definition) is 0. The maximum absolute atomic E-state index is 3.72. The van der Waals surface area contributed by atoms with Crippen molar-refractivity contribution in [3.8, 4) is 0 Å². The molecule has 0 fully saturated rings. The van der Waals surface area contributed by atoms with E-state index in [0.717, 1.165) is 11.1 Å². The van der Waals surface area contributed by atoms with Gasteiger partial charge in [0.15, 0.2) is 0 Å². The molecule has 0 aliphatic heterocycles. The Morgan fingerprint density at radius 2 is 0.929 bits per heavy atom. The topological polar surface area (TPSA) is 0 Å². The number of benzene rings is 3. The molecule has 0 nitrogen and oxygen atoms in total. The third kappa shape index (κ3) is 14.6. The average Bonchev–Trinajstić information content (AvgIpc) is 3.31. The molecule has 4 aromatic rings. The van der Waals surface area contributed by atoms with E-state index in [9.17, 15) is 0 Å². The van der Waals surface area contributed by atoms with Crippen LogP contribution in [0, 0.1) is 20.3 Å². The van der Waals surface area contributed by atoms with Gasteiger partial charge in [-0.25, -0.2) is 12.1 Å². The van der Waals surface area contributed by atoms with Crippen LogP contribution in [0.15, 0.2) is 121 Å². The van der Waals surface area contributed by atoms with Crippen molar-refractivity contribution >= 4 is 0 Å². The summed E-state index contributed by atoms with van der Waals surface area (Å²) in [7, 11) is 0. The number of hydrogen-bond acceptors (Lipinski definition) is 0. The summed E-state index contributed by atoms with van der Waals surface area (Å²) in [4.78, 5) is 0. The maximum atomic E-state index is 3.72. The summed E-state index contributed by atoms with van der Waals surface area (Å²) >= 11 is 0. The molecule has 28 heavy (non-hydrogen) atoms. The molecular formula is C27H28Zr. The molecule has 0 aliphatic carbocycles. The molecule has 4 rings (SSSR count). The van der Waals surface area contributed by atoms with Crippen LogP contribution in [0.5, 0.6) is 0 Å². The van der Waals surface area contributed by atoms with E-state index < -0.39 is 0 Å². The zero-order valence-corrected chi connectivity index (χ0v) is 19.0. The Hall–Kier alpha value is -2.50. The van der Waals surface area contributed by atoms with Crippen molar-refractivity contribution in [2.45, 2.75) is 6.92 Å². The molecular weight excluding hydrogens is 416 g/mol. The van der Waals surface area contributed by atoms with Gasteiger partial charge in [-0.2, -0.15) is 91.6 Å². The van der Waals surface area contributed by atoms with E-state index in [-0.39, 0.29) is 26.2 Å². The van der Waals surface area contributed by atoms with E-state index in [1.807, 2.05) is 116 Å². The van der Waals surface area contributed by atoms with E-state index in [0.29, 0.717) is 0 Å². The molecule has 0 radical (unpaired) electrons. The van der Waals surface area contributed by atoms with Crippen molar-refractivity contribution in [3.05, 3.63) is 158 Å². The zero-order chi connectivity index (χ0) is 19.6. The van der Waals surface area contributed by atoms with E-state index in [1.54, 1.807) is 0 Å². The first kappa shape index (κ1) is 25.5. The minimum atomic E-state index is 0. The van der Waals surface area contributed by atoms with Gasteiger partial charge in [0.2, 0.25) is 0 Å². The maximum Gasteiger partial charge on any atom is 4.00 e. The smallest absolute Gasteiger partial charge is 0.214 e. The average molecular weight is 444 g/mol. The SMILES string of the molecule is C[CH-]c1ccccc1.[CH2-]c1ccccc1.[CH2-]c1ccccc1.[Zr+4].c1cc[cH-]c1. The molecule has 0 unspecified atom stereocenters. The molecule has 0 amide bonds. The van der Waals surface area contributed by atoms with Gasteiger partial charge in [-0.05, 0) is 0 Å². The van der Waals surface area contributed by atoms with E-state index in [4.69, 9.17) is 0 Å². The predicted molar refractivity (Wildman–Crippen MR) is 119 cm³/mol. The molecule has 0 aromatic heterocycles. The molecule has 0 atom stereocenters. The van der Waals surface area contributed by atoms with Crippen molar-refractivity contribution in [3.63, 3.8) is 0 Å². The fraction of sp³-hybridized carbons (Fsp3) is 0.0370. The predicted octanol–water partition coefficient (Wildman–Crippen LogP) is 7.40. The molecule has 1 heteroatoms. The van der Waals surface area contributed by atoms with Gasteiger partial charge in [-0.3, -0.25) is 0 Å². The van der Waals surface area contributed by atoms with E-state index >= 15 is 0 Å². The molecule has 4 aromatic carbocycles. The van der Waals surface area contributed by atoms with Crippen LogP contribution >= 0.6 is 0 Å². The normalized spacial score (nSPS) is 8.18. The molecule has 0 saturated heterocycles. The van der Waals surface area contributed by atoms with Crippen LogP contribution in [0.3, 0.4) is 0 Å². The first-order valence-corrected chi connectivity index (χ1v) is 8.97. The van der Waals surface area contributed by atoms with Crippen LogP contribution < -0.4 is 0 Å². The van der Waals surface area contributed by atoms with Gasteiger partial charge in [0.1, 0.15) is 0 Å². The third-order valence-electron chi connectivity index (χ3n) is 3.37. The van der Waals surface area contributed by atoms with Gasteiger partial charge in [-0.15, -0.1) is 36.4 Å². The van der Waals surface area contributed by atoms with Crippen LogP contribution in [0.1, 0.15) is 23.6 Å². The fourth-order valence-corrected chi connectivity index (χ4v) is 1.92. The second-order valence-electron chi connectivity index (χ2n) is 5.63. The van der Waals surface area contributed by atoms with Crippen LogP contribution in [0.2, 0.25) is 0 Å². The van der Waals surface area contributed by atoms with Gasteiger partial charge < -0.3 is 0 Å². The first-order valence-electron chi connectivity index (χ1n) is 8.97. The monoisotopic (exact) mass is 442 g/mol. The van der Waals surface area contributed by atoms with Crippen molar-refractivity contribution in [2.75, 3.05) is 0 Å². The molecule has 0 heterocycles. The minimum absolute atomic E-state index is 0. The first-order chi connectivity index (χ1) is 13.2. The minimum Gasteiger partial charge on any atom is -0.214 e. The quantitative estimate of drug-likeness (QED) is 0.269. The Kier molecular flexibility index (Phi) is 16.3. The van der Waals surface area contributed by atoms with Gasteiger partial charge >= 0.3 is 26.2 Å². The van der Waals surface area contributed by atoms with Crippen LogP contribution in [0.4, 0.5) is 0 Å². The van der Waals surface area contributed by atoms with Crippen molar-refractivity contribution < 1.29 is 26.2 Å². The van der Waals surface area contributed by atoms with Crippen molar-refractivity contribution in [2.24, 2.45) is 0 Å². The Labute approximate surface area is 190 Å². The molecule has 0 aliphatic rings. The van der Waals surface area contributed by atoms with Crippen LogP contribution in [0.25, 0.3) is 0 Å². The fourth-order valence-electron chi connectivity index (χ4n) is 1.92. The standard InChI is InChI=1S/C8H9.2C7H7.C5H5.Zr/c1-2-8-6-4-3-5-7-8;2*1-7-5-3-2-4-6-7;1-2-4-5-3-1;/h2-7H,1H3;2*2-6H,1H2;1-5H;/q4*-1;+4. The van der Waals surface area contributed by atoms with Gasteiger partial charge in [0.25, 0.3) is 0 Å². The largest absolute Gasteiger partial charge is 4.00 e. The van der Waals surface area contributed by atoms with Crippen molar-refractivity contribution in [1.82, 2.24) is 0 Å². The van der Waals surface area contributed by atoms with Crippen LogP contribution in [-0.4, -0.2) is 0 Å². The summed E-state index contributed by atoms with van der Waals surface area (Å²) in [5.74, 6) is 0. The van der Waals surface area contributed by atoms with Gasteiger partial charge in [0.05, 0.1) is 0 Å². The van der Waals surface area contributed by atoms with Crippen molar-refractivity contribution in [1.29, 1.82) is 0 Å². The summed E-state index contributed by atoms with van der Waals surface area (Å²) < 4.78 is 0. The summed E-state index contributed by atoms with van der Waals surface area (Å²) in [5.41, 5.74) is 3.43. The molecule has 0 bridgehead atoms. The van der Waals surface area contributed by atoms with Crippen LogP contribution in [-0.2, 0) is 26.2 Å². The Morgan fingerprint density at radius 3 is 1.11 bits per heavy atom. The zero-order valence-electron chi connectivity index (χ0n) is 16.5. The van der Waals surface area contributed by atoms with Gasteiger partial charge in [-0.1, -0.05) is 25.1 Å². The Morgan fingerprint density at radius 1 is 0.571 bits per heavy atom. The molecule has 0 saturated carbocycles. The molecule has 140 valence electrons. The van der Waals surface area contributed by atoms with Gasteiger partial charge in [0, 0.05) is 0 Å². The Balaban J connectivity index is 0.000000347.